The quantitative estimate of drug-likeness (QED) is 0.805. The zero-order chi connectivity index (χ0) is 13.9. The highest BCUT2D eigenvalue weighted by atomic mass is 16.5. The predicted octanol–water partition coefficient (Wildman–Crippen LogP) is 2.93. The summed E-state index contributed by atoms with van der Waals surface area (Å²) in [5.41, 5.74) is 6.93. The minimum atomic E-state index is -0.0393. The lowest BCUT2D eigenvalue weighted by Gasteiger charge is -2.44. The number of rotatable bonds is 6. The fraction of sp³-hybridized carbons (Fsp3) is 1.00. The molecule has 1 aliphatic heterocycles. The number of likely N-dealkylation sites (tertiary alicyclic amines) is 1. The number of nitrogens with two attached hydrogens (primary N) is 1. The van der Waals surface area contributed by atoms with Crippen LogP contribution in [0, 0.1) is 0 Å². The molecule has 112 valence electrons. The largest absolute Gasteiger partial charge is 0.379 e. The topological polar surface area (TPSA) is 38.5 Å². The zero-order valence-corrected chi connectivity index (χ0v) is 13.1. The Morgan fingerprint density at radius 2 is 1.74 bits per heavy atom. The van der Waals surface area contributed by atoms with E-state index in [4.69, 9.17) is 10.5 Å². The summed E-state index contributed by atoms with van der Waals surface area (Å²) in [7, 11) is 1.80. The summed E-state index contributed by atoms with van der Waals surface area (Å²) < 4.78 is 5.54. The molecule has 0 aromatic carbocycles. The molecule has 1 aliphatic carbocycles. The minimum absolute atomic E-state index is 0.0393. The van der Waals surface area contributed by atoms with E-state index in [0.29, 0.717) is 11.6 Å². The van der Waals surface area contributed by atoms with Crippen LogP contribution in [0.3, 0.4) is 0 Å². The highest BCUT2D eigenvalue weighted by molar-refractivity contribution is 5.03. The van der Waals surface area contributed by atoms with Gasteiger partial charge in [0.25, 0.3) is 0 Å². The van der Waals surface area contributed by atoms with Gasteiger partial charge in [-0.15, -0.1) is 0 Å². The number of hydrogen-bond acceptors (Lipinski definition) is 3. The molecule has 1 heterocycles. The molecule has 0 bridgehead atoms. The van der Waals surface area contributed by atoms with Crippen molar-refractivity contribution in [3.05, 3.63) is 0 Å². The molecule has 2 rings (SSSR count). The molecule has 0 radical (unpaired) electrons. The lowest BCUT2D eigenvalue weighted by Crippen LogP contribution is -2.57. The maximum Gasteiger partial charge on any atom is 0.0623 e. The average molecular weight is 268 g/mol. The molecule has 0 aromatic rings. The molecule has 19 heavy (non-hydrogen) atoms. The van der Waals surface area contributed by atoms with Crippen molar-refractivity contribution in [1.82, 2.24) is 4.90 Å². The molecule has 1 saturated carbocycles. The third-order valence-corrected chi connectivity index (χ3v) is 5.51. The van der Waals surface area contributed by atoms with Crippen LogP contribution in [0.15, 0.2) is 0 Å². The first-order chi connectivity index (χ1) is 9.00. The number of methoxy groups -OCH3 is 1. The molecule has 0 spiro atoms. The summed E-state index contributed by atoms with van der Waals surface area (Å²) in [4.78, 5) is 2.71. The Labute approximate surface area is 118 Å². The fourth-order valence-corrected chi connectivity index (χ4v) is 3.95. The monoisotopic (exact) mass is 268 g/mol. The van der Waals surface area contributed by atoms with Crippen LogP contribution in [0.2, 0.25) is 0 Å². The third kappa shape index (κ3) is 3.32. The highest BCUT2D eigenvalue weighted by Crippen LogP contribution is 2.41. The Kier molecular flexibility index (Phi) is 4.91. The maximum absolute atomic E-state index is 6.66. The van der Waals surface area contributed by atoms with E-state index in [2.05, 4.69) is 18.7 Å². The van der Waals surface area contributed by atoms with E-state index in [9.17, 15) is 0 Å². The molecule has 0 aromatic heterocycles. The lowest BCUT2D eigenvalue weighted by molar-refractivity contribution is 0.00470. The first-order valence-electron chi connectivity index (χ1n) is 8.06. The second-order valence-electron chi connectivity index (χ2n) is 7.11. The van der Waals surface area contributed by atoms with E-state index in [1.165, 1.54) is 51.6 Å². The van der Waals surface area contributed by atoms with Crippen LogP contribution in [0.25, 0.3) is 0 Å². The van der Waals surface area contributed by atoms with Gasteiger partial charge in [-0.05, 0) is 65.5 Å². The van der Waals surface area contributed by atoms with Crippen molar-refractivity contribution in [1.29, 1.82) is 0 Å². The van der Waals surface area contributed by atoms with Crippen LogP contribution in [0.4, 0.5) is 0 Å². The van der Waals surface area contributed by atoms with E-state index in [0.717, 1.165) is 12.8 Å². The van der Waals surface area contributed by atoms with Gasteiger partial charge in [0, 0.05) is 18.7 Å². The number of hydrogen-bond donors (Lipinski definition) is 1. The van der Waals surface area contributed by atoms with Gasteiger partial charge in [-0.1, -0.05) is 12.8 Å². The Hall–Kier alpha value is -0.120. The van der Waals surface area contributed by atoms with Crippen LogP contribution >= 0.6 is 0 Å². The average Bonchev–Trinajstić information content (AvgIpc) is 3.06. The van der Waals surface area contributed by atoms with Crippen LogP contribution in [0.1, 0.15) is 65.2 Å². The molecule has 2 aliphatic rings. The van der Waals surface area contributed by atoms with Gasteiger partial charge in [0.15, 0.2) is 0 Å². The van der Waals surface area contributed by atoms with E-state index in [-0.39, 0.29) is 5.60 Å². The maximum atomic E-state index is 6.66. The van der Waals surface area contributed by atoms with Gasteiger partial charge in [0.2, 0.25) is 0 Å². The lowest BCUT2D eigenvalue weighted by atomic mass is 9.82. The van der Waals surface area contributed by atoms with Crippen molar-refractivity contribution in [2.75, 3.05) is 20.2 Å². The van der Waals surface area contributed by atoms with Crippen molar-refractivity contribution in [3.8, 4) is 0 Å². The molecule has 1 unspecified atom stereocenters. The molecule has 2 fully saturated rings. The summed E-state index contributed by atoms with van der Waals surface area (Å²) >= 11 is 0. The van der Waals surface area contributed by atoms with Gasteiger partial charge >= 0.3 is 0 Å². The molecule has 0 amide bonds. The van der Waals surface area contributed by atoms with E-state index < -0.39 is 0 Å². The normalized spacial score (nSPS) is 25.9. The van der Waals surface area contributed by atoms with E-state index >= 15 is 0 Å². The summed E-state index contributed by atoms with van der Waals surface area (Å²) in [6, 6.07) is 0.308. The van der Waals surface area contributed by atoms with E-state index in [1.54, 1.807) is 7.11 Å². The molecular weight excluding hydrogens is 236 g/mol. The van der Waals surface area contributed by atoms with Crippen LogP contribution in [-0.2, 0) is 4.74 Å². The first-order valence-corrected chi connectivity index (χ1v) is 8.06. The standard InChI is InChI=1S/C16H32N2O/c1-15(2,19-3)11-8-14(17)16(9-4-5-10-16)18-12-6-7-13-18/h14H,4-13,17H2,1-3H3. The van der Waals surface area contributed by atoms with Gasteiger partial charge in [0.05, 0.1) is 5.60 Å². The molecule has 1 atom stereocenters. The minimum Gasteiger partial charge on any atom is -0.379 e. The highest BCUT2D eigenvalue weighted by Gasteiger charge is 2.45. The summed E-state index contributed by atoms with van der Waals surface area (Å²) in [6.07, 6.45) is 10.2. The predicted molar refractivity (Wildman–Crippen MR) is 80.3 cm³/mol. The van der Waals surface area contributed by atoms with Gasteiger partial charge in [-0.3, -0.25) is 4.90 Å². The second kappa shape index (κ2) is 6.11. The summed E-state index contributed by atoms with van der Waals surface area (Å²) in [5, 5.41) is 0. The molecule has 1 saturated heterocycles. The smallest absolute Gasteiger partial charge is 0.0623 e. The van der Waals surface area contributed by atoms with E-state index in [1.807, 2.05) is 0 Å². The second-order valence-corrected chi connectivity index (χ2v) is 7.11. The zero-order valence-electron chi connectivity index (χ0n) is 13.1. The first kappa shape index (κ1) is 15.3. The number of nitrogens with zero attached hydrogens (tertiary/aromatic N) is 1. The SMILES string of the molecule is COC(C)(C)CCC(N)C1(N2CCCC2)CCCC1. The molecule has 3 nitrogen and oxygen atoms in total. The van der Waals surface area contributed by atoms with Gasteiger partial charge in [-0.2, -0.15) is 0 Å². The van der Waals surface area contributed by atoms with Crippen molar-refractivity contribution in [3.63, 3.8) is 0 Å². The molecule has 2 N–H and O–H groups in total. The molecule has 3 heteroatoms. The van der Waals surface area contributed by atoms with Crippen LogP contribution < -0.4 is 5.73 Å². The van der Waals surface area contributed by atoms with Gasteiger partial charge in [0.1, 0.15) is 0 Å². The Morgan fingerprint density at radius 3 is 2.26 bits per heavy atom. The van der Waals surface area contributed by atoms with Crippen molar-refractivity contribution >= 4 is 0 Å². The number of ether oxygens (including phenoxy) is 1. The Balaban J connectivity index is 1.98. The van der Waals surface area contributed by atoms with Gasteiger partial charge < -0.3 is 10.5 Å². The third-order valence-electron chi connectivity index (χ3n) is 5.51. The summed E-state index contributed by atoms with van der Waals surface area (Å²) in [6.45, 7) is 6.86. The Bertz CT molecular complexity index is 278. The Morgan fingerprint density at radius 1 is 1.16 bits per heavy atom. The van der Waals surface area contributed by atoms with Gasteiger partial charge in [-0.25, -0.2) is 0 Å². The summed E-state index contributed by atoms with van der Waals surface area (Å²) in [5.74, 6) is 0. The van der Waals surface area contributed by atoms with Crippen molar-refractivity contribution < 1.29 is 4.74 Å². The van der Waals surface area contributed by atoms with Crippen molar-refractivity contribution in [2.45, 2.75) is 82.4 Å². The molecular formula is C16H32N2O. The van der Waals surface area contributed by atoms with Crippen molar-refractivity contribution in [2.24, 2.45) is 5.73 Å². The fourth-order valence-electron chi connectivity index (χ4n) is 3.95. The van der Waals surface area contributed by atoms with Crippen LogP contribution in [0.5, 0.6) is 0 Å². The van der Waals surface area contributed by atoms with Crippen LogP contribution in [-0.4, -0.2) is 42.3 Å².